The molecule has 3 rings (SSSR count). The van der Waals surface area contributed by atoms with Gasteiger partial charge in [0.15, 0.2) is 0 Å². The third-order valence-electron chi connectivity index (χ3n) is 4.44. The molecule has 0 saturated carbocycles. The number of para-hydroxylation sites is 1. The Kier molecular flexibility index (Phi) is 3.99. The molecule has 20 heavy (non-hydrogen) atoms. The minimum absolute atomic E-state index is 0.620. The van der Waals surface area contributed by atoms with E-state index in [4.69, 9.17) is 4.98 Å². The van der Waals surface area contributed by atoms with Crippen molar-refractivity contribution < 1.29 is 0 Å². The lowest BCUT2D eigenvalue weighted by atomic mass is 9.99. The van der Waals surface area contributed by atoms with E-state index in [2.05, 4.69) is 54.5 Å². The Hall–Kier alpha value is -1.45. The molecule has 1 aromatic carbocycles. The summed E-state index contributed by atoms with van der Waals surface area (Å²) in [5.74, 6) is 0. The molecule has 1 N–H and O–H groups in total. The van der Waals surface area contributed by atoms with Crippen LogP contribution < -0.4 is 5.32 Å². The predicted molar refractivity (Wildman–Crippen MR) is 83.7 cm³/mol. The van der Waals surface area contributed by atoms with E-state index in [0.717, 1.165) is 17.8 Å². The molecule has 1 aromatic heterocycles. The van der Waals surface area contributed by atoms with Crippen molar-refractivity contribution >= 4 is 10.9 Å². The number of piperidine rings is 1. The summed E-state index contributed by atoms with van der Waals surface area (Å²) >= 11 is 0. The molecule has 1 saturated heterocycles. The molecule has 106 valence electrons. The van der Waals surface area contributed by atoms with Crippen LogP contribution in [0, 0.1) is 0 Å². The molecule has 0 radical (unpaired) electrons. The summed E-state index contributed by atoms with van der Waals surface area (Å²) in [5.41, 5.74) is 2.22. The van der Waals surface area contributed by atoms with Gasteiger partial charge in [0.2, 0.25) is 0 Å². The van der Waals surface area contributed by atoms with Gasteiger partial charge in [-0.2, -0.15) is 0 Å². The number of nitrogens with one attached hydrogen (secondary N) is 1. The molecule has 0 amide bonds. The molecule has 2 aromatic rings. The van der Waals surface area contributed by atoms with Crippen molar-refractivity contribution in [1.82, 2.24) is 15.2 Å². The molecule has 3 heteroatoms. The zero-order valence-corrected chi connectivity index (χ0v) is 12.3. The smallest absolute Gasteiger partial charge is 0.0705 e. The summed E-state index contributed by atoms with van der Waals surface area (Å²) in [4.78, 5) is 7.16. The number of hydrogen-bond donors (Lipinski definition) is 1. The van der Waals surface area contributed by atoms with Gasteiger partial charge in [0.05, 0.1) is 11.2 Å². The number of benzene rings is 1. The molecule has 1 aliphatic rings. The summed E-state index contributed by atoms with van der Waals surface area (Å²) in [6.45, 7) is 4.36. The van der Waals surface area contributed by atoms with Crippen LogP contribution in [0.3, 0.4) is 0 Å². The Labute approximate surface area is 121 Å². The first kappa shape index (κ1) is 13.5. The second-order valence-corrected chi connectivity index (χ2v) is 5.93. The van der Waals surface area contributed by atoms with Crippen LogP contribution in [0.2, 0.25) is 0 Å². The molecule has 2 atom stereocenters. The normalized spacial score (nSPS) is 24.1. The lowest BCUT2D eigenvalue weighted by Gasteiger charge is -2.35. The van der Waals surface area contributed by atoms with Crippen molar-refractivity contribution in [2.24, 2.45) is 0 Å². The fraction of sp³-hybridized carbons (Fsp3) is 0.471. The molecular weight excluding hydrogens is 246 g/mol. The van der Waals surface area contributed by atoms with Gasteiger partial charge in [0, 0.05) is 24.0 Å². The van der Waals surface area contributed by atoms with Crippen molar-refractivity contribution in [3.63, 3.8) is 0 Å². The average molecular weight is 269 g/mol. The maximum Gasteiger partial charge on any atom is 0.0705 e. The highest BCUT2D eigenvalue weighted by molar-refractivity contribution is 5.78. The Balaban J connectivity index is 1.62. The molecule has 0 aliphatic carbocycles. The zero-order valence-electron chi connectivity index (χ0n) is 12.3. The van der Waals surface area contributed by atoms with E-state index in [1.165, 1.54) is 24.8 Å². The Morgan fingerprint density at radius 1 is 1.25 bits per heavy atom. The van der Waals surface area contributed by atoms with E-state index in [-0.39, 0.29) is 0 Å². The second kappa shape index (κ2) is 5.90. The van der Waals surface area contributed by atoms with Crippen LogP contribution in [-0.4, -0.2) is 35.6 Å². The van der Waals surface area contributed by atoms with E-state index in [1.807, 2.05) is 6.07 Å². The van der Waals surface area contributed by atoms with E-state index in [0.29, 0.717) is 12.1 Å². The summed E-state index contributed by atoms with van der Waals surface area (Å²) in [5, 5.41) is 4.88. The molecule has 0 spiro atoms. The van der Waals surface area contributed by atoms with E-state index in [1.54, 1.807) is 0 Å². The maximum absolute atomic E-state index is 4.72. The van der Waals surface area contributed by atoms with Crippen molar-refractivity contribution in [2.45, 2.75) is 38.4 Å². The van der Waals surface area contributed by atoms with E-state index < -0.39 is 0 Å². The highest BCUT2D eigenvalue weighted by Gasteiger charge is 2.22. The zero-order chi connectivity index (χ0) is 13.9. The average Bonchev–Trinajstić information content (AvgIpc) is 2.48. The highest BCUT2D eigenvalue weighted by Crippen LogP contribution is 2.16. The minimum Gasteiger partial charge on any atom is -0.308 e. The summed E-state index contributed by atoms with van der Waals surface area (Å²) in [6.07, 6.45) is 2.46. The first-order valence-corrected chi connectivity index (χ1v) is 7.50. The van der Waals surface area contributed by atoms with Gasteiger partial charge in [-0.05, 0) is 45.5 Å². The van der Waals surface area contributed by atoms with Crippen LogP contribution in [-0.2, 0) is 6.54 Å². The van der Waals surface area contributed by atoms with Gasteiger partial charge in [0.1, 0.15) is 0 Å². The van der Waals surface area contributed by atoms with Gasteiger partial charge in [-0.3, -0.25) is 4.98 Å². The number of hydrogen-bond acceptors (Lipinski definition) is 3. The number of likely N-dealkylation sites (tertiary alicyclic amines) is 1. The number of pyridine rings is 1. The predicted octanol–water partition coefficient (Wildman–Crippen LogP) is 2.81. The quantitative estimate of drug-likeness (QED) is 0.928. The van der Waals surface area contributed by atoms with Gasteiger partial charge < -0.3 is 10.2 Å². The fourth-order valence-corrected chi connectivity index (χ4v) is 2.93. The standard InChI is InChI=1S/C17H23N3/c1-13-11-15(9-10-20(13)2)18-12-16-8-7-14-5-3-4-6-17(14)19-16/h3-8,13,15,18H,9-12H2,1-2H3. The molecule has 0 bridgehead atoms. The lowest BCUT2D eigenvalue weighted by molar-refractivity contribution is 0.168. The van der Waals surface area contributed by atoms with E-state index >= 15 is 0 Å². The topological polar surface area (TPSA) is 28.2 Å². The van der Waals surface area contributed by atoms with Gasteiger partial charge >= 0.3 is 0 Å². The van der Waals surface area contributed by atoms with Gasteiger partial charge in [0.25, 0.3) is 0 Å². The SMILES string of the molecule is CC1CC(NCc2ccc3ccccc3n2)CCN1C. The minimum atomic E-state index is 0.620. The van der Waals surface area contributed by atoms with Crippen molar-refractivity contribution in [2.75, 3.05) is 13.6 Å². The lowest BCUT2D eigenvalue weighted by Crippen LogP contribution is -2.45. The fourth-order valence-electron chi connectivity index (χ4n) is 2.93. The van der Waals surface area contributed by atoms with Crippen LogP contribution in [0.25, 0.3) is 10.9 Å². The van der Waals surface area contributed by atoms with Gasteiger partial charge in [-0.1, -0.05) is 24.3 Å². The maximum atomic E-state index is 4.72. The van der Waals surface area contributed by atoms with E-state index in [9.17, 15) is 0 Å². The van der Waals surface area contributed by atoms with Crippen molar-refractivity contribution in [3.8, 4) is 0 Å². The second-order valence-electron chi connectivity index (χ2n) is 5.93. The van der Waals surface area contributed by atoms with Crippen molar-refractivity contribution in [3.05, 3.63) is 42.1 Å². The number of fused-ring (bicyclic) bond motifs is 1. The highest BCUT2D eigenvalue weighted by atomic mass is 15.1. The van der Waals surface area contributed by atoms with Crippen LogP contribution in [0.1, 0.15) is 25.5 Å². The van der Waals surface area contributed by atoms with Crippen LogP contribution in [0.4, 0.5) is 0 Å². The Bertz CT molecular complexity index is 581. The molecule has 1 aliphatic heterocycles. The monoisotopic (exact) mass is 269 g/mol. The third kappa shape index (κ3) is 3.00. The first-order valence-electron chi connectivity index (χ1n) is 7.50. The van der Waals surface area contributed by atoms with Crippen LogP contribution in [0.5, 0.6) is 0 Å². The summed E-state index contributed by atoms with van der Waals surface area (Å²) < 4.78 is 0. The molecule has 3 nitrogen and oxygen atoms in total. The third-order valence-corrected chi connectivity index (χ3v) is 4.44. The largest absolute Gasteiger partial charge is 0.308 e. The molecule has 1 fully saturated rings. The molecule has 2 heterocycles. The summed E-state index contributed by atoms with van der Waals surface area (Å²) in [7, 11) is 2.21. The van der Waals surface area contributed by atoms with Crippen LogP contribution in [0.15, 0.2) is 36.4 Å². The number of nitrogens with zero attached hydrogens (tertiary/aromatic N) is 2. The van der Waals surface area contributed by atoms with Gasteiger partial charge in [-0.15, -0.1) is 0 Å². The van der Waals surface area contributed by atoms with Crippen LogP contribution >= 0.6 is 0 Å². The first-order chi connectivity index (χ1) is 9.72. The number of aromatic nitrogens is 1. The number of rotatable bonds is 3. The Morgan fingerprint density at radius 3 is 2.95 bits per heavy atom. The molecule has 2 unspecified atom stereocenters. The van der Waals surface area contributed by atoms with Crippen molar-refractivity contribution in [1.29, 1.82) is 0 Å². The molecular formula is C17H23N3. The Morgan fingerprint density at radius 2 is 2.10 bits per heavy atom. The summed E-state index contributed by atoms with van der Waals surface area (Å²) in [6, 6.07) is 13.9. The van der Waals surface area contributed by atoms with Gasteiger partial charge in [-0.25, -0.2) is 0 Å².